The van der Waals surface area contributed by atoms with Gasteiger partial charge in [-0.05, 0) is 42.7 Å². The molecule has 0 amide bonds. The van der Waals surface area contributed by atoms with Crippen molar-refractivity contribution in [2.24, 2.45) is 4.99 Å². The SMILES string of the molecule is COc1ccc(CCNC(=NCCCn2ccnn2)NCCc2ccco2)cc1.I. The van der Waals surface area contributed by atoms with Gasteiger partial charge in [0, 0.05) is 38.8 Å². The van der Waals surface area contributed by atoms with Crippen molar-refractivity contribution < 1.29 is 9.15 Å². The van der Waals surface area contributed by atoms with Gasteiger partial charge in [-0.1, -0.05) is 17.3 Å². The highest BCUT2D eigenvalue weighted by atomic mass is 127. The molecule has 3 aromatic rings. The van der Waals surface area contributed by atoms with Gasteiger partial charge in [0.05, 0.1) is 19.6 Å². The van der Waals surface area contributed by atoms with Crippen molar-refractivity contribution in [3.63, 3.8) is 0 Å². The first-order valence-corrected chi connectivity index (χ1v) is 9.85. The van der Waals surface area contributed by atoms with Crippen LogP contribution >= 0.6 is 24.0 Å². The maximum Gasteiger partial charge on any atom is 0.191 e. The minimum absolute atomic E-state index is 0. The van der Waals surface area contributed by atoms with E-state index in [0.29, 0.717) is 6.54 Å². The molecule has 1 aromatic carbocycles. The van der Waals surface area contributed by atoms with E-state index in [9.17, 15) is 0 Å². The monoisotopic (exact) mass is 524 g/mol. The average Bonchev–Trinajstić information content (AvgIpc) is 3.45. The number of benzene rings is 1. The highest BCUT2D eigenvalue weighted by Gasteiger charge is 2.02. The molecule has 0 saturated carbocycles. The van der Waals surface area contributed by atoms with Crippen molar-refractivity contribution in [1.82, 2.24) is 25.6 Å². The fraction of sp³-hybridized carbons (Fsp3) is 0.381. The van der Waals surface area contributed by atoms with Crippen molar-refractivity contribution in [3.05, 3.63) is 66.4 Å². The van der Waals surface area contributed by atoms with E-state index in [0.717, 1.165) is 56.4 Å². The predicted molar refractivity (Wildman–Crippen MR) is 127 cm³/mol. The molecular weight excluding hydrogens is 495 g/mol. The third-order valence-corrected chi connectivity index (χ3v) is 4.40. The number of guanidine groups is 1. The van der Waals surface area contributed by atoms with Gasteiger partial charge in [0.15, 0.2) is 5.96 Å². The van der Waals surface area contributed by atoms with Crippen LogP contribution in [0.2, 0.25) is 0 Å². The van der Waals surface area contributed by atoms with Gasteiger partial charge < -0.3 is 19.8 Å². The van der Waals surface area contributed by atoms with Crippen LogP contribution in [0.1, 0.15) is 17.7 Å². The number of halogens is 1. The maximum atomic E-state index is 5.39. The molecule has 2 heterocycles. The maximum absolute atomic E-state index is 5.39. The zero-order valence-corrected chi connectivity index (χ0v) is 19.5. The minimum Gasteiger partial charge on any atom is -0.497 e. The fourth-order valence-corrected chi connectivity index (χ4v) is 2.83. The summed E-state index contributed by atoms with van der Waals surface area (Å²) in [4.78, 5) is 4.68. The molecule has 0 atom stereocenters. The van der Waals surface area contributed by atoms with Gasteiger partial charge in [0.2, 0.25) is 0 Å². The molecule has 0 unspecified atom stereocenters. The number of methoxy groups -OCH3 is 1. The van der Waals surface area contributed by atoms with E-state index < -0.39 is 0 Å². The molecular formula is C21H29IN6O2. The largest absolute Gasteiger partial charge is 0.497 e. The zero-order valence-electron chi connectivity index (χ0n) is 17.2. The molecule has 9 heteroatoms. The number of ether oxygens (including phenoxy) is 1. The molecule has 162 valence electrons. The lowest BCUT2D eigenvalue weighted by atomic mass is 10.1. The van der Waals surface area contributed by atoms with Crippen molar-refractivity contribution in [2.45, 2.75) is 25.8 Å². The van der Waals surface area contributed by atoms with Crippen LogP contribution in [0.5, 0.6) is 5.75 Å². The van der Waals surface area contributed by atoms with Gasteiger partial charge >= 0.3 is 0 Å². The Bertz CT molecular complexity index is 835. The first-order valence-electron chi connectivity index (χ1n) is 9.85. The molecule has 30 heavy (non-hydrogen) atoms. The van der Waals surface area contributed by atoms with Crippen molar-refractivity contribution in [3.8, 4) is 5.75 Å². The Labute approximate surface area is 194 Å². The highest BCUT2D eigenvalue weighted by molar-refractivity contribution is 14.0. The van der Waals surface area contributed by atoms with E-state index >= 15 is 0 Å². The number of hydrogen-bond acceptors (Lipinski definition) is 5. The molecule has 2 N–H and O–H groups in total. The van der Waals surface area contributed by atoms with Crippen LogP contribution in [-0.4, -0.2) is 47.7 Å². The molecule has 0 radical (unpaired) electrons. The summed E-state index contributed by atoms with van der Waals surface area (Å²) in [5.41, 5.74) is 1.25. The van der Waals surface area contributed by atoms with Gasteiger partial charge in [0.25, 0.3) is 0 Å². The third-order valence-electron chi connectivity index (χ3n) is 4.40. The lowest BCUT2D eigenvalue weighted by Gasteiger charge is -2.12. The van der Waals surface area contributed by atoms with Crippen LogP contribution < -0.4 is 15.4 Å². The number of aliphatic imine (C=N–C) groups is 1. The fourth-order valence-electron chi connectivity index (χ4n) is 2.83. The van der Waals surface area contributed by atoms with E-state index in [1.807, 2.05) is 35.1 Å². The second kappa shape index (κ2) is 13.6. The summed E-state index contributed by atoms with van der Waals surface area (Å²) in [5, 5.41) is 14.6. The Kier molecular flexibility index (Phi) is 10.8. The second-order valence-corrected chi connectivity index (χ2v) is 6.53. The van der Waals surface area contributed by atoms with Crippen LogP contribution in [0.15, 0.2) is 64.5 Å². The second-order valence-electron chi connectivity index (χ2n) is 6.53. The highest BCUT2D eigenvalue weighted by Crippen LogP contribution is 2.11. The van der Waals surface area contributed by atoms with Gasteiger partial charge in [-0.2, -0.15) is 0 Å². The molecule has 0 spiro atoms. The lowest BCUT2D eigenvalue weighted by Crippen LogP contribution is -2.39. The summed E-state index contributed by atoms with van der Waals surface area (Å²) in [6.45, 7) is 3.06. The normalized spacial score (nSPS) is 11.0. The average molecular weight is 524 g/mol. The number of rotatable bonds is 11. The minimum atomic E-state index is 0. The van der Waals surface area contributed by atoms with Crippen LogP contribution in [0, 0.1) is 0 Å². The predicted octanol–water partition coefficient (Wildman–Crippen LogP) is 2.91. The number of furan rings is 1. The number of nitrogens with one attached hydrogen (secondary N) is 2. The number of aryl methyl sites for hydroxylation is 1. The molecule has 0 fully saturated rings. The Morgan fingerprint density at radius 2 is 1.93 bits per heavy atom. The van der Waals surface area contributed by atoms with E-state index in [-0.39, 0.29) is 24.0 Å². The van der Waals surface area contributed by atoms with Gasteiger partial charge in [-0.25, -0.2) is 0 Å². The first-order chi connectivity index (χ1) is 14.3. The number of aromatic nitrogens is 3. The van der Waals surface area contributed by atoms with E-state index in [2.05, 4.69) is 38.1 Å². The lowest BCUT2D eigenvalue weighted by molar-refractivity contribution is 0.414. The van der Waals surface area contributed by atoms with Crippen molar-refractivity contribution in [1.29, 1.82) is 0 Å². The van der Waals surface area contributed by atoms with E-state index in [4.69, 9.17) is 9.15 Å². The Morgan fingerprint density at radius 3 is 2.60 bits per heavy atom. The molecule has 3 rings (SSSR count). The summed E-state index contributed by atoms with van der Waals surface area (Å²) in [6.07, 6.45) is 7.85. The zero-order chi connectivity index (χ0) is 20.2. The first kappa shape index (κ1) is 23.7. The topological polar surface area (TPSA) is 89.5 Å². The summed E-state index contributed by atoms with van der Waals surface area (Å²) >= 11 is 0. The Hall–Kier alpha value is -2.56. The molecule has 0 bridgehead atoms. The molecule has 0 aliphatic heterocycles. The summed E-state index contributed by atoms with van der Waals surface area (Å²) in [6, 6.07) is 12.0. The van der Waals surface area contributed by atoms with Crippen LogP contribution in [0.4, 0.5) is 0 Å². The summed E-state index contributed by atoms with van der Waals surface area (Å²) in [5.74, 6) is 2.64. The molecule has 0 saturated heterocycles. The van der Waals surface area contributed by atoms with Crippen molar-refractivity contribution in [2.75, 3.05) is 26.7 Å². The summed E-state index contributed by atoms with van der Waals surface area (Å²) < 4.78 is 12.4. The molecule has 2 aromatic heterocycles. The number of hydrogen-bond donors (Lipinski definition) is 2. The molecule has 8 nitrogen and oxygen atoms in total. The molecule has 0 aliphatic carbocycles. The van der Waals surface area contributed by atoms with Crippen LogP contribution in [-0.2, 0) is 19.4 Å². The quantitative estimate of drug-likeness (QED) is 0.174. The third kappa shape index (κ3) is 8.44. The van der Waals surface area contributed by atoms with Crippen LogP contribution in [0.3, 0.4) is 0 Å². The van der Waals surface area contributed by atoms with Gasteiger partial charge in [0.1, 0.15) is 11.5 Å². The standard InChI is InChI=1S/C21H28N6O2.HI/c1-28-19-7-5-18(6-8-19)9-12-23-21(24-13-10-20-4-2-17-29-20)22-11-3-15-27-16-14-25-26-27;/h2,4-8,14,16-17H,3,9-13,15H2,1H3,(H2,22,23,24);1H. The smallest absolute Gasteiger partial charge is 0.191 e. The van der Waals surface area contributed by atoms with Gasteiger partial charge in [-0.3, -0.25) is 9.67 Å². The number of nitrogens with zero attached hydrogens (tertiary/aromatic N) is 4. The van der Waals surface area contributed by atoms with E-state index in [1.54, 1.807) is 19.6 Å². The Morgan fingerprint density at radius 1 is 1.13 bits per heavy atom. The summed E-state index contributed by atoms with van der Waals surface area (Å²) in [7, 11) is 1.68. The Balaban J connectivity index is 0.00000320. The van der Waals surface area contributed by atoms with E-state index in [1.165, 1.54) is 5.56 Å². The molecule has 0 aliphatic rings. The van der Waals surface area contributed by atoms with Crippen LogP contribution in [0.25, 0.3) is 0 Å². The van der Waals surface area contributed by atoms with Crippen molar-refractivity contribution >= 4 is 29.9 Å². The van der Waals surface area contributed by atoms with Gasteiger partial charge in [-0.15, -0.1) is 29.1 Å².